The summed E-state index contributed by atoms with van der Waals surface area (Å²) in [6.45, 7) is 2.11. The number of para-hydroxylation sites is 1. The van der Waals surface area contributed by atoms with Gasteiger partial charge in [-0.05, 0) is 37.8 Å². The lowest BCUT2D eigenvalue weighted by atomic mass is 10.1. The van der Waals surface area contributed by atoms with Crippen molar-refractivity contribution in [3.8, 4) is 0 Å². The molecule has 2 heterocycles. The number of aromatic nitrogens is 3. The van der Waals surface area contributed by atoms with Crippen molar-refractivity contribution in [3.05, 3.63) is 35.7 Å². The Kier molecular flexibility index (Phi) is 3.64. The maximum atomic E-state index is 12.7. The molecule has 0 bridgehead atoms. The summed E-state index contributed by atoms with van der Waals surface area (Å²) in [5.41, 5.74) is 2.32. The lowest BCUT2D eigenvalue weighted by molar-refractivity contribution is -0.116. The highest BCUT2D eigenvalue weighted by molar-refractivity contribution is 7.99. The zero-order valence-corrected chi connectivity index (χ0v) is 14.2. The van der Waals surface area contributed by atoms with Crippen molar-refractivity contribution in [2.24, 2.45) is 7.05 Å². The van der Waals surface area contributed by atoms with Crippen LogP contribution in [-0.4, -0.2) is 32.5 Å². The molecule has 6 heteroatoms. The number of benzene rings is 1. The summed E-state index contributed by atoms with van der Waals surface area (Å²) in [5.74, 6) is 2.17. The fraction of sp³-hybridized carbons (Fsp3) is 0.471. The molecule has 0 spiro atoms. The van der Waals surface area contributed by atoms with Crippen molar-refractivity contribution >= 4 is 23.4 Å². The first-order chi connectivity index (χ1) is 11.1. The van der Waals surface area contributed by atoms with Crippen molar-refractivity contribution in [2.45, 2.75) is 43.3 Å². The second-order valence-corrected chi connectivity index (χ2v) is 7.35. The van der Waals surface area contributed by atoms with Gasteiger partial charge >= 0.3 is 0 Å². The Balaban J connectivity index is 1.46. The van der Waals surface area contributed by atoms with Crippen LogP contribution in [0.25, 0.3) is 0 Å². The Morgan fingerprint density at radius 3 is 2.87 bits per heavy atom. The van der Waals surface area contributed by atoms with Gasteiger partial charge in [-0.1, -0.05) is 30.0 Å². The third-order valence-corrected chi connectivity index (χ3v) is 5.62. The first-order valence-corrected chi connectivity index (χ1v) is 9.05. The Morgan fingerprint density at radius 2 is 2.09 bits per heavy atom. The van der Waals surface area contributed by atoms with Crippen LogP contribution >= 0.6 is 11.8 Å². The van der Waals surface area contributed by atoms with E-state index in [2.05, 4.69) is 23.2 Å². The fourth-order valence-corrected chi connectivity index (χ4v) is 4.07. The Hall–Kier alpha value is -1.82. The van der Waals surface area contributed by atoms with E-state index in [1.165, 1.54) is 30.2 Å². The highest BCUT2D eigenvalue weighted by Crippen LogP contribution is 2.39. The van der Waals surface area contributed by atoms with Gasteiger partial charge in [-0.3, -0.25) is 4.79 Å². The fourth-order valence-electron chi connectivity index (χ4n) is 3.29. The highest BCUT2D eigenvalue weighted by Gasteiger charge is 2.32. The molecule has 1 fully saturated rings. The van der Waals surface area contributed by atoms with E-state index in [1.807, 2.05) is 34.7 Å². The van der Waals surface area contributed by atoms with Gasteiger partial charge in [-0.2, -0.15) is 0 Å². The molecule has 1 amide bonds. The summed E-state index contributed by atoms with van der Waals surface area (Å²) in [7, 11) is 1.99. The smallest absolute Gasteiger partial charge is 0.237 e. The van der Waals surface area contributed by atoms with E-state index in [1.54, 1.807) is 0 Å². The molecule has 1 atom stereocenters. The third kappa shape index (κ3) is 2.65. The number of anilines is 1. The number of hydrogen-bond donors (Lipinski definition) is 0. The predicted molar refractivity (Wildman–Crippen MR) is 90.8 cm³/mol. The molecule has 0 radical (unpaired) electrons. The van der Waals surface area contributed by atoms with Gasteiger partial charge in [0, 0.05) is 24.7 Å². The van der Waals surface area contributed by atoms with E-state index in [9.17, 15) is 4.79 Å². The molecule has 1 aromatic carbocycles. The average Bonchev–Trinajstić information content (AvgIpc) is 3.23. The molecule has 1 aliphatic carbocycles. The Bertz CT molecular complexity index is 753. The number of hydrogen-bond acceptors (Lipinski definition) is 4. The van der Waals surface area contributed by atoms with Crippen molar-refractivity contribution in [2.75, 3.05) is 10.7 Å². The van der Waals surface area contributed by atoms with E-state index in [-0.39, 0.29) is 11.9 Å². The summed E-state index contributed by atoms with van der Waals surface area (Å²) in [4.78, 5) is 14.6. The zero-order valence-electron chi connectivity index (χ0n) is 13.4. The molecule has 0 unspecified atom stereocenters. The van der Waals surface area contributed by atoms with Gasteiger partial charge in [0.05, 0.1) is 5.75 Å². The summed E-state index contributed by atoms with van der Waals surface area (Å²) < 4.78 is 2.04. The predicted octanol–water partition coefficient (Wildman–Crippen LogP) is 2.76. The summed E-state index contributed by atoms with van der Waals surface area (Å²) in [6, 6.07) is 8.40. The van der Waals surface area contributed by atoms with Crippen LogP contribution in [0.15, 0.2) is 29.4 Å². The van der Waals surface area contributed by atoms with Crippen LogP contribution in [0.2, 0.25) is 0 Å². The second-order valence-electron chi connectivity index (χ2n) is 6.41. The molecule has 4 rings (SSSR count). The number of carbonyl (C=O) groups is 1. The number of amides is 1. The molecule has 2 aliphatic rings. The molecule has 1 saturated carbocycles. The molecule has 23 heavy (non-hydrogen) atoms. The Morgan fingerprint density at radius 1 is 1.30 bits per heavy atom. The van der Waals surface area contributed by atoms with Crippen LogP contribution < -0.4 is 4.90 Å². The normalized spacial score (nSPS) is 19.9. The van der Waals surface area contributed by atoms with Gasteiger partial charge in [-0.25, -0.2) is 0 Å². The molecule has 1 aliphatic heterocycles. The molecule has 1 aromatic heterocycles. The van der Waals surface area contributed by atoms with Crippen LogP contribution in [0.5, 0.6) is 0 Å². The van der Waals surface area contributed by atoms with Crippen molar-refractivity contribution in [1.29, 1.82) is 0 Å². The minimum absolute atomic E-state index is 0.142. The first kappa shape index (κ1) is 14.8. The highest BCUT2D eigenvalue weighted by atomic mass is 32.2. The number of carbonyl (C=O) groups excluding carboxylic acids is 1. The average molecular weight is 328 g/mol. The van der Waals surface area contributed by atoms with Crippen LogP contribution in [0.4, 0.5) is 5.69 Å². The summed E-state index contributed by atoms with van der Waals surface area (Å²) in [6.07, 6.45) is 3.34. The van der Waals surface area contributed by atoms with Gasteiger partial charge in [0.25, 0.3) is 0 Å². The minimum Gasteiger partial charge on any atom is -0.309 e. The van der Waals surface area contributed by atoms with Gasteiger partial charge in [0.15, 0.2) is 5.16 Å². The Labute approximate surface area is 140 Å². The van der Waals surface area contributed by atoms with Gasteiger partial charge in [0.2, 0.25) is 5.91 Å². The van der Waals surface area contributed by atoms with Gasteiger partial charge in [0.1, 0.15) is 5.82 Å². The van der Waals surface area contributed by atoms with Crippen molar-refractivity contribution < 1.29 is 4.79 Å². The van der Waals surface area contributed by atoms with Crippen LogP contribution in [0.3, 0.4) is 0 Å². The quantitative estimate of drug-likeness (QED) is 0.810. The third-order valence-electron chi connectivity index (χ3n) is 4.61. The van der Waals surface area contributed by atoms with Gasteiger partial charge in [-0.15, -0.1) is 10.2 Å². The monoisotopic (exact) mass is 328 g/mol. The first-order valence-electron chi connectivity index (χ1n) is 8.07. The van der Waals surface area contributed by atoms with Gasteiger partial charge < -0.3 is 9.47 Å². The standard InChI is InChI=1S/C17H20N4OS/c1-11-9-13-5-3-4-6-14(13)21(11)15(22)10-23-17-19-18-16(20(17)2)12-7-8-12/h3-6,11-12H,7-10H2,1-2H3/t11-/m0/s1. The second kappa shape index (κ2) is 5.67. The van der Waals surface area contributed by atoms with Crippen molar-refractivity contribution in [3.63, 3.8) is 0 Å². The molecule has 120 valence electrons. The lowest BCUT2D eigenvalue weighted by Gasteiger charge is -2.22. The zero-order chi connectivity index (χ0) is 16.0. The summed E-state index contributed by atoms with van der Waals surface area (Å²) >= 11 is 1.48. The topological polar surface area (TPSA) is 51.0 Å². The maximum Gasteiger partial charge on any atom is 0.237 e. The SMILES string of the molecule is C[C@H]1Cc2ccccc2N1C(=O)CSc1nnc(C2CC2)n1C. The van der Waals surface area contributed by atoms with Crippen molar-refractivity contribution in [1.82, 2.24) is 14.8 Å². The molecule has 0 saturated heterocycles. The van der Waals surface area contributed by atoms with E-state index >= 15 is 0 Å². The van der Waals surface area contributed by atoms with Crippen LogP contribution in [0, 0.1) is 0 Å². The lowest BCUT2D eigenvalue weighted by Crippen LogP contribution is -2.37. The van der Waals surface area contributed by atoms with Crippen LogP contribution in [0.1, 0.15) is 37.1 Å². The molecule has 2 aromatic rings. The molecule has 0 N–H and O–H groups in total. The molecule has 5 nitrogen and oxygen atoms in total. The van der Waals surface area contributed by atoms with E-state index in [0.29, 0.717) is 11.7 Å². The van der Waals surface area contributed by atoms with Crippen LogP contribution in [-0.2, 0) is 18.3 Å². The van der Waals surface area contributed by atoms with E-state index in [0.717, 1.165) is 23.1 Å². The number of nitrogens with zero attached hydrogens (tertiary/aromatic N) is 4. The largest absolute Gasteiger partial charge is 0.309 e. The summed E-state index contributed by atoms with van der Waals surface area (Å²) in [5, 5.41) is 9.35. The number of rotatable bonds is 4. The van der Waals surface area contributed by atoms with E-state index in [4.69, 9.17) is 0 Å². The number of thioether (sulfide) groups is 1. The molecular weight excluding hydrogens is 308 g/mol. The minimum atomic E-state index is 0.142. The number of fused-ring (bicyclic) bond motifs is 1. The van der Waals surface area contributed by atoms with E-state index < -0.39 is 0 Å². The molecular formula is C17H20N4OS. The maximum absolute atomic E-state index is 12.7.